The van der Waals surface area contributed by atoms with Crippen molar-refractivity contribution in [2.75, 3.05) is 27.3 Å². The van der Waals surface area contributed by atoms with E-state index in [9.17, 15) is 4.79 Å². The molecule has 1 amide bonds. The smallest absolute Gasteiger partial charge is 0.237 e. The van der Waals surface area contributed by atoms with Crippen LogP contribution in [0.3, 0.4) is 0 Å². The van der Waals surface area contributed by atoms with E-state index < -0.39 is 0 Å². The standard InChI is InChI=1S/C16H24N2O3.ClH/c1-20-14-7-6-12(11-15(14)21-2)8-10-18-16(19)13-5-3-4-9-17-13;/h6-7,11,13,17H,3-5,8-10H2,1-2H3,(H,18,19);1H. The summed E-state index contributed by atoms with van der Waals surface area (Å²) in [6.07, 6.45) is 4.00. The van der Waals surface area contributed by atoms with Crippen LogP contribution in [0, 0.1) is 0 Å². The van der Waals surface area contributed by atoms with Crippen molar-refractivity contribution in [3.63, 3.8) is 0 Å². The Balaban J connectivity index is 0.00000242. The van der Waals surface area contributed by atoms with Crippen molar-refractivity contribution in [3.05, 3.63) is 23.8 Å². The first-order valence-corrected chi connectivity index (χ1v) is 7.46. The molecule has 1 aromatic carbocycles. The maximum Gasteiger partial charge on any atom is 0.237 e. The molecule has 2 N–H and O–H groups in total. The molecule has 1 heterocycles. The van der Waals surface area contributed by atoms with Crippen LogP contribution in [0.5, 0.6) is 11.5 Å². The van der Waals surface area contributed by atoms with Gasteiger partial charge in [-0.25, -0.2) is 0 Å². The Morgan fingerprint density at radius 3 is 2.68 bits per heavy atom. The van der Waals surface area contributed by atoms with Crippen LogP contribution in [0.25, 0.3) is 0 Å². The van der Waals surface area contributed by atoms with E-state index in [-0.39, 0.29) is 24.4 Å². The van der Waals surface area contributed by atoms with Crippen molar-refractivity contribution >= 4 is 18.3 Å². The van der Waals surface area contributed by atoms with E-state index in [2.05, 4.69) is 10.6 Å². The highest BCUT2D eigenvalue weighted by Crippen LogP contribution is 2.27. The summed E-state index contributed by atoms with van der Waals surface area (Å²) in [5.41, 5.74) is 1.12. The molecule has 0 bridgehead atoms. The maximum atomic E-state index is 12.0. The summed E-state index contributed by atoms with van der Waals surface area (Å²) in [7, 11) is 3.24. The van der Waals surface area contributed by atoms with Gasteiger partial charge in [-0.3, -0.25) is 4.79 Å². The second-order valence-electron chi connectivity index (χ2n) is 5.23. The highest BCUT2D eigenvalue weighted by Gasteiger charge is 2.19. The highest BCUT2D eigenvalue weighted by atomic mass is 35.5. The molecule has 0 radical (unpaired) electrons. The van der Waals surface area contributed by atoms with E-state index in [1.54, 1.807) is 14.2 Å². The highest BCUT2D eigenvalue weighted by molar-refractivity contribution is 5.85. The lowest BCUT2D eigenvalue weighted by Gasteiger charge is -2.22. The number of rotatable bonds is 6. The maximum absolute atomic E-state index is 12.0. The van der Waals surface area contributed by atoms with Crippen LogP contribution in [-0.4, -0.2) is 39.3 Å². The first kappa shape index (κ1) is 18.6. The third-order valence-electron chi connectivity index (χ3n) is 3.79. The van der Waals surface area contributed by atoms with Gasteiger partial charge < -0.3 is 20.1 Å². The molecule has 1 atom stereocenters. The minimum Gasteiger partial charge on any atom is -0.493 e. The molecule has 0 saturated carbocycles. The van der Waals surface area contributed by atoms with Gasteiger partial charge in [0.1, 0.15) is 0 Å². The first-order valence-electron chi connectivity index (χ1n) is 7.46. The summed E-state index contributed by atoms with van der Waals surface area (Å²) in [4.78, 5) is 12.0. The van der Waals surface area contributed by atoms with Crippen LogP contribution in [0.1, 0.15) is 24.8 Å². The molecule has 0 aliphatic carbocycles. The number of halogens is 1. The molecule has 22 heavy (non-hydrogen) atoms. The number of hydrogen-bond donors (Lipinski definition) is 2. The van der Waals surface area contributed by atoms with E-state index in [0.717, 1.165) is 49.3 Å². The molecule has 124 valence electrons. The Bertz CT molecular complexity index is 476. The van der Waals surface area contributed by atoms with Gasteiger partial charge in [-0.1, -0.05) is 12.5 Å². The summed E-state index contributed by atoms with van der Waals surface area (Å²) >= 11 is 0. The van der Waals surface area contributed by atoms with Crippen molar-refractivity contribution < 1.29 is 14.3 Å². The molecule has 1 fully saturated rings. The van der Waals surface area contributed by atoms with Gasteiger partial charge in [-0.15, -0.1) is 12.4 Å². The van der Waals surface area contributed by atoms with Crippen LogP contribution in [0.4, 0.5) is 0 Å². The monoisotopic (exact) mass is 328 g/mol. The van der Waals surface area contributed by atoms with Crippen LogP contribution >= 0.6 is 12.4 Å². The molecule has 1 aliphatic rings. The number of carbonyl (C=O) groups is 1. The zero-order valence-corrected chi connectivity index (χ0v) is 14.0. The van der Waals surface area contributed by atoms with Crippen LogP contribution in [0.15, 0.2) is 18.2 Å². The number of piperidine rings is 1. The summed E-state index contributed by atoms with van der Waals surface area (Å²) in [6, 6.07) is 5.80. The predicted molar refractivity (Wildman–Crippen MR) is 89.1 cm³/mol. The van der Waals surface area contributed by atoms with E-state index in [4.69, 9.17) is 9.47 Å². The van der Waals surface area contributed by atoms with Crippen molar-refractivity contribution in [3.8, 4) is 11.5 Å². The van der Waals surface area contributed by atoms with Gasteiger partial charge in [0.2, 0.25) is 5.91 Å². The molecule has 6 heteroatoms. The van der Waals surface area contributed by atoms with Gasteiger partial charge >= 0.3 is 0 Å². The first-order chi connectivity index (χ1) is 10.2. The molecule has 1 aromatic rings. The van der Waals surface area contributed by atoms with E-state index in [1.807, 2.05) is 18.2 Å². The molecular weight excluding hydrogens is 304 g/mol. The van der Waals surface area contributed by atoms with Gasteiger partial charge in [-0.2, -0.15) is 0 Å². The molecule has 5 nitrogen and oxygen atoms in total. The molecule has 2 rings (SSSR count). The SMILES string of the molecule is COc1ccc(CCNC(=O)C2CCCCN2)cc1OC.Cl. The van der Waals surface area contributed by atoms with Crippen molar-refractivity contribution in [1.82, 2.24) is 10.6 Å². The third-order valence-corrected chi connectivity index (χ3v) is 3.79. The minimum atomic E-state index is -0.0239. The van der Waals surface area contributed by atoms with Crippen LogP contribution in [-0.2, 0) is 11.2 Å². The lowest BCUT2D eigenvalue weighted by molar-refractivity contribution is -0.123. The fourth-order valence-corrected chi connectivity index (χ4v) is 2.56. The van der Waals surface area contributed by atoms with Crippen LogP contribution < -0.4 is 20.1 Å². The Morgan fingerprint density at radius 1 is 1.27 bits per heavy atom. The lowest BCUT2D eigenvalue weighted by Crippen LogP contribution is -2.47. The average Bonchev–Trinajstić information content (AvgIpc) is 2.55. The Morgan fingerprint density at radius 2 is 2.05 bits per heavy atom. The van der Waals surface area contributed by atoms with Gasteiger partial charge in [0.25, 0.3) is 0 Å². The summed E-state index contributed by atoms with van der Waals surface area (Å²) in [5, 5.41) is 6.25. The van der Waals surface area contributed by atoms with Crippen molar-refractivity contribution in [1.29, 1.82) is 0 Å². The fourth-order valence-electron chi connectivity index (χ4n) is 2.56. The number of hydrogen-bond acceptors (Lipinski definition) is 4. The number of carbonyl (C=O) groups excluding carboxylic acids is 1. The normalized spacial score (nSPS) is 17.3. The average molecular weight is 329 g/mol. The van der Waals surface area contributed by atoms with E-state index in [1.165, 1.54) is 0 Å². The summed E-state index contributed by atoms with van der Waals surface area (Å²) in [6.45, 7) is 1.57. The van der Waals surface area contributed by atoms with Crippen molar-refractivity contribution in [2.45, 2.75) is 31.7 Å². The Hall–Kier alpha value is -1.46. The molecule has 1 aliphatic heterocycles. The quantitative estimate of drug-likeness (QED) is 0.837. The second-order valence-corrected chi connectivity index (χ2v) is 5.23. The Labute approximate surface area is 138 Å². The predicted octanol–water partition coefficient (Wildman–Crippen LogP) is 1.93. The van der Waals surface area contributed by atoms with Gasteiger partial charge in [-0.05, 0) is 43.5 Å². The summed E-state index contributed by atoms with van der Waals surface area (Å²) < 4.78 is 10.5. The number of amides is 1. The number of benzene rings is 1. The van der Waals surface area contributed by atoms with E-state index >= 15 is 0 Å². The molecule has 0 aromatic heterocycles. The molecular formula is C16H25ClN2O3. The molecule has 0 spiro atoms. The minimum absolute atomic E-state index is 0. The molecule has 1 saturated heterocycles. The zero-order valence-electron chi connectivity index (χ0n) is 13.2. The molecule has 1 unspecified atom stereocenters. The van der Waals surface area contributed by atoms with Crippen molar-refractivity contribution in [2.24, 2.45) is 0 Å². The topological polar surface area (TPSA) is 59.6 Å². The number of ether oxygens (including phenoxy) is 2. The second kappa shape index (κ2) is 9.54. The number of methoxy groups -OCH3 is 2. The van der Waals surface area contributed by atoms with Gasteiger partial charge in [0, 0.05) is 6.54 Å². The van der Waals surface area contributed by atoms with E-state index in [0.29, 0.717) is 6.54 Å². The summed E-state index contributed by atoms with van der Waals surface area (Å²) in [5.74, 6) is 1.54. The lowest BCUT2D eigenvalue weighted by atomic mass is 10.0. The third kappa shape index (κ3) is 5.07. The number of nitrogens with one attached hydrogen (secondary N) is 2. The fraction of sp³-hybridized carbons (Fsp3) is 0.562. The van der Waals surface area contributed by atoms with Gasteiger partial charge in [0.05, 0.1) is 20.3 Å². The largest absolute Gasteiger partial charge is 0.493 e. The van der Waals surface area contributed by atoms with Crippen LogP contribution in [0.2, 0.25) is 0 Å². The Kier molecular flexibility index (Phi) is 8.06. The van der Waals surface area contributed by atoms with Gasteiger partial charge in [0.15, 0.2) is 11.5 Å². The zero-order chi connectivity index (χ0) is 15.1.